The quantitative estimate of drug-likeness (QED) is 0.237. The average Bonchev–Trinajstić information content (AvgIpc) is 2.62. The maximum atomic E-state index is 11.7. The van der Waals surface area contributed by atoms with E-state index in [0.29, 0.717) is 6.42 Å². The second-order valence-electron chi connectivity index (χ2n) is 5.51. The number of aliphatic hydroxyl groups is 1. The van der Waals surface area contributed by atoms with Crippen molar-refractivity contribution >= 4 is 5.97 Å². The van der Waals surface area contributed by atoms with E-state index in [9.17, 15) is 9.90 Å². The molecule has 154 valence electrons. The van der Waals surface area contributed by atoms with Crippen LogP contribution in [-0.4, -0.2) is 84.3 Å². The molecule has 9 nitrogen and oxygen atoms in total. The van der Waals surface area contributed by atoms with Crippen molar-refractivity contribution in [3.8, 4) is 0 Å². The third kappa shape index (κ3) is 12.3. The smallest absolute Gasteiger partial charge is 0.308 e. The minimum atomic E-state index is -0.650. The molecule has 0 aliphatic rings. The molecule has 0 saturated heterocycles. The molecule has 4 atom stereocenters. The molecule has 0 fully saturated rings. The molecule has 0 heterocycles. The van der Waals surface area contributed by atoms with Crippen LogP contribution in [0.5, 0.6) is 0 Å². The number of aliphatic hydroxyl groups excluding tert-OH is 1. The van der Waals surface area contributed by atoms with E-state index in [-0.39, 0.29) is 26.8 Å². The monoisotopic (exact) mass is 380 g/mol. The molecule has 0 saturated carbocycles. The molecule has 0 radical (unpaired) electrons. The van der Waals surface area contributed by atoms with Crippen molar-refractivity contribution in [1.82, 2.24) is 0 Å². The minimum Gasteiger partial charge on any atom is -0.469 e. The fourth-order valence-corrected chi connectivity index (χ4v) is 2.03. The molecule has 0 unspecified atom stereocenters. The van der Waals surface area contributed by atoms with Crippen LogP contribution in [0, 0.1) is 0 Å². The van der Waals surface area contributed by atoms with Crippen LogP contribution in [0.25, 0.3) is 0 Å². The zero-order chi connectivity index (χ0) is 19.8. The van der Waals surface area contributed by atoms with Crippen molar-refractivity contribution in [2.75, 3.05) is 48.8 Å². The first-order chi connectivity index (χ1) is 12.5. The van der Waals surface area contributed by atoms with Crippen LogP contribution in [0.1, 0.15) is 19.8 Å². The number of rotatable bonds is 16. The van der Waals surface area contributed by atoms with Crippen molar-refractivity contribution in [3.05, 3.63) is 12.2 Å². The van der Waals surface area contributed by atoms with Gasteiger partial charge in [0, 0.05) is 27.8 Å². The molecular formula is C17H32O9. The molecule has 1 N–H and O–H groups in total. The first kappa shape index (κ1) is 24.9. The Morgan fingerprint density at radius 3 is 2.04 bits per heavy atom. The molecular weight excluding hydrogens is 348 g/mol. The number of hydrogen-bond acceptors (Lipinski definition) is 9. The lowest BCUT2D eigenvalue weighted by Crippen LogP contribution is -2.34. The summed E-state index contributed by atoms with van der Waals surface area (Å²) in [5.74, 6) is -0.443. The van der Waals surface area contributed by atoms with E-state index < -0.39 is 30.4 Å². The maximum Gasteiger partial charge on any atom is 0.308 e. The SMILES string of the molecule is COCO[C@H](C=C[C@H](OCOC)[C@H](CC(=O)OC)OCOC)C[C@@H](C)O. The van der Waals surface area contributed by atoms with Gasteiger partial charge in [-0.15, -0.1) is 0 Å². The van der Waals surface area contributed by atoms with E-state index in [0.717, 1.165) is 0 Å². The van der Waals surface area contributed by atoms with Gasteiger partial charge in [0.1, 0.15) is 32.6 Å². The lowest BCUT2D eigenvalue weighted by molar-refractivity contribution is -0.162. The number of ether oxygens (including phenoxy) is 7. The number of esters is 1. The predicted octanol–water partition coefficient (Wildman–Crippen LogP) is 0.844. The topological polar surface area (TPSA) is 102 Å². The number of hydrogen-bond donors (Lipinski definition) is 1. The molecule has 0 aromatic carbocycles. The van der Waals surface area contributed by atoms with Gasteiger partial charge in [-0.05, 0) is 6.92 Å². The Hall–Kier alpha value is -1.07. The Labute approximate surface area is 155 Å². The molecule has 0 spiro atoms. The summed E-state index contributed by atoms with van der Waals surface area (Å²) in [6, 6.07) is 0. The molecule has 0 aliphatic carbocycles. The fourth-order valence-electron chi connectivity index (χ4n) is 2.03. The number of carbonyl (C=O) groups is 1. The molecule has 0 aliphatic heterocycles. The van der Waals surface area contributed by atoms with Crippen LogP contribution in [0.2, 0.25) is 0 Å². The van der Waals surface area contributed by atoms with Gasteiger partial charge in [0.05, 0.1) is 25.7 Å². The lowest BCUT2D eigenvalue weighted by Gasteiger charge is -2.25. The largest absolute Gasteiger partial charge is 0.469 e. The number of methoxy groups -OCH3 is 4. The first-order valence-electron chi connectivity index (χ1n) is 8.23. The highest BCUT2D eigenvalue weighted by molar-refractivity contribution is 5.69. The van der Waals surface area contributed by atoms with Crippen LogP contribution in [0.4, 0.5) is 0 Å². The maximum absolute atomic E-state index is 11.7. The third-order valence-corrected chi connectivity index (χ3v) is 3.23. The Kier molecular flexibility index (Phi) is 15.5. The van der Waals surface area contributed by atoms with Crippen molar-refractivity contribution < 1.29 is 43.1 Å². The van der Waals surface area contributed by atoms with Gasteiger partial charge < -0.3 is 38.3 Å². The van der Waals surface area contributed by atoms with Crippen LogP contribution in [-0.2, 0) is 38.0 Å². The summed E-state index contributed by atoms with van der Waals surface area (Å²) < 4.78 is 36.1. The van der Waals surface area contributed by atoms with E-state index in [2.05, 4.69) is 0 Å². The van der Waals surface area contributed by atoms with E-state index in [1.54, 1.807) is 19.1 Å². The summed E-state index contributed by atoms with van der Waals surface area (Å²) in [5, 5.41) is 9.60. The molecule has 9 heteroatoms. The van der Waals surface area contributed by atoms with E-state index >= 15 is 0 Å². The number of carbonyl (C=O) groups excluding carboxylic acids is 1. The van der Waals surface area contributed by atoms with Gasteiger partial charge in [-0.3, -0.25) is 4.79 Å². The molecule has 26 heavy (non-hydrogen) atoms. The van der Waals surface area contributed by atoms with Gasteiger partial charge >= 0.3 is 5.97 Å². The summed E-state index contributed by atoms with van der Waals surface area (Å²) in [6.07, 6.45) is 1.54. The second-order valence-corrected chi connectivity index (χ2v) is 5.51. The predicted molar refractivity (Wildman–Crippen MR) is 92.3 cm³/mol. The standard InChI is InChI=1S/C17H32O9/c1-13(18)8-14(24-10-20-2)6-7-15(25-11-21-3)16(26-12-22-4)9-17(19)23-5/h6-7,13-16,18H,8-12H2,1-5H3/t13-,14-,15+,16+/m1/s1. The highest BCUT2D eigenvalue weighted by atomic mass is 16.7. The molecule has 0 rings (SSSR count). The zero-order valence-corrected chi connectivity index (χ0v) is 16.2. The van der Waals surface area contributed by atoms with Crippen molar-refractivity contribution in [1.29, 1.82) is 0 Å². The van der Waals surface area contributed by atoms with Gasteiger partial charge in [-0.2, -0.15) is 0 Å². The molecule has 0 bridgehead atoms. The Bertz CT molecular complexity index is 373. The molecule has 0 aromatic heterocycles. The normalized spacial score (nSPS) is 16.4. The van der Waals surface area contributed by atoms with Crippen molar-refractivity contribution in [2.24, 2.45) is 0 Å². The Balaban J connectivity index is 5.17. The van der Waals surface area contributed by atoms with Crippen molar-refractivity contribution in [3.63, 3.8) is 0 Å². The average molecular weight is 380 g/mol. The Morgan fingerprint density at radius 1 is 0.923 bits per heavy atom. The highest BCUT2D eigenvalue weighted by Gasteiger charge is 2.25. The summed E-state index contributed by atoms with van der Waals surface area (Å²) in [7, 11) is 5.78. The van der Waals surface area contributed by atoms with Gasteiger partial charge in [-0.1, -0.05) is 12.2 Å². The van der Waals surface area contributed by atoms with Crippen LogP contribution < -0.4 is 0 Å². The summed E-state index contributed by atoms with van der Waals surface area (Å²) >= 11 is 0. The summed E-state index contributed by atoms with van der Waals surface area (Å²) in [5.41, 5.74) is 0. The first-order valence-corrected chi connectivity index (χ1v) is 8.23. The summed E-state index contributed by atoms with van der Waals surface area (Å²) in [6.45, 7) is 1.73. The second kappa shape index (κ2) is 16.1. The summed E-state index contributed by atoms with van der Waals surface area (Å²) in [4.78, 5) is 11.7. The Morgan fingerprint density at radius 2 is 1.50 bits per heavy atom. The molecule has 0 aromatic rings. The van der Waals surface area contributed by atoms with Crippen LogP contribution >= 0.6 is 0 Å². The van der Waals surface area contributed by atoms with Gasteiger partial charge in [0.15, 0.2) is 0 Å². The van der Waals surface area contributed by atoms with Gasteiger partial charge in [0.25, 0.3) is 0 Å². The zero-order valence-electron chi connectivity index (χ0n) is 16.2. The van der Waals surface area contributed by atoms with Gasteiger partial charge in [-0.25, -0.2) is 0 Å². The van der Waals surface area contributed by atoms with Gasteiger partial charge in [0.2, 0.25) is 0 Å². The fraction of sp³-hybridized carbons (Fsp3) is 0.824. The highest BCUT2D eigenvalue weighted by Crippen LogP contribution is 2.14. The minimum absolute atomic E-state index is 0.00300. The van der Waals surface area contributed by atoms with E-state index in [1.165, 1.54) is 28.4 Å². The van der Waals surface area contributed by atoms with E-state index in [1.807, 2.05) is 0 Å². The third-order valence-electron chi connectivity index (χ3n) is 3.23. The van der Waals surface area contributed by atoms with E-state index in [4.69, 9.17) is 33.2 Å². The van der Waals surface area contributed by atoms with Crippen molar-refractivity contribution in [2.45, 2.75) is 44.2 Å². The molecule has 0 amide bonds. The van der Waals surface area contributed by atoms with Crippen LogP contribution in [0.3, 0.4) is 0 Å². The lowest BCUT2D eigenvalue weighted by atomic mass is 10.1. The van der Waals surface area contributed by atoms with Crippen LogP contribution in [0.15, 0.2) is 12.2 Å².